The number of allylic oxidation sites excluding steroid dienone is 14. The van der Waals surface area contributed by atoms with Gasteiger partial charge in [-0.25, -0.2) is 0 Å². The van der Waals surface area contributed by atoms with Crippen LogP contribution in [0.5, 0.6) is 0 Å². The molecule has 0 aliphatic heterocycles. The van der Waals surface area contributed by atoms with E-state index in [1.165, 1.54) is 25.7 Å². The fourth-order valence-corrected chi connectivity index (χ4v) is 2.07. The summed E-state index contributed by atoms with van der Waals surface area (Å²) >= 11 is 0. The van der Waals surface area contributed by atoms with Crippen LogP contribution in [-0.4, -0.2) is 0 Å². The van der Waals surface area contributed by atoms with Gasteiger partial charge in [-0.3, -0.25) is 0 Å². The predicted octanol–water partition coefficient (Wildman–Crippen LogP) is 8.53. The van der Waals surface area contributed by atoms with E-state index in [0.29, 0.717) is 0 Å². The minimum atomic E-state index is 0.819. The summed E-state index contributed by atoms with van der Waals surface area (Å²) < 4.78 is 6.14. The Morgan fingerprint density at radius 2 is 1.07 bits per heavy atom. The standard InChI is InChI=1S/C26H38O/c1-5-9-13-15-19-23-25(21-17-11-7-3)27-26(22-18-12-8-4)24-20-16-14-10-6-2/h7-8,11-12,15-24H,5-6,9-10,13-14H2,1-4H3/b11-7+,12-8+,19-15+,20-16+,21-17+,22-18+,25-23+,26-24+. The van der Waals surface area contributed by atoms with E-state index in [9.17, 15) is 0 Å². The lowest BCUT2D eigenvalue weighted by atomic mass is 10.2. The monoisotopic (exact) mass is 366 g/mol. The number of rotatable bonds is 14. The summed E-state index contributed by atoms with van der Waals surface area (Å²) in [6, 6.07) is 0. The molecule has 0 fully saturated rings. The zero-order chi connectivity index (χ0) is 20.0. The van der Waals surface area contributed by atoms with Crippen LogP contribution < -0.4 is 0 Å². The average Bonchev–Trinajstić information content (AvgIpc) is 2.67. The van der Waals surface area contributed by atoms with Crippen molar-refractivity contribution in [2.45, 2.75) is 66.2 Å². The molecule has 0 heterocycles. The van der Waals surface area contributed by atoms with Gasteiger partial charge >= 0.3 is 0 Å². The Hall–Kier alpha value is -2.28. The first-order chi connectivity index (χ1) is 13.3. The van der Waals surface area contributed by atoms with Crippen molar-refractivity contribution in [3.05, 3.63) is 96.6 Å². The molecule has 0 N–H and O–H groups in total. The molecule has 0 spiro atoms. The van der Waals surface area contributed by atoms with Gasteiger partial charge in [-0.1, -0.05) is 100 Å². The molecule has 0 amide bonds. The van der Waals surface area contributed by atoms with Gasteiger partial charge in [-0.15, -0.1) is 0 Å². The lowest BCUT2D eigenvalue weighted by Crippen LogP contribution is -1.88. The van der Waals surface area contributed by atoms with E-state index >= 15 is 0 Å². The lowest BCUT2D eigenvalue weighted by Gasteiger charge is -2.06. The average molecular weight is 367 g/mol. The molecule has 0 bridgehead atoms. The van der Waals surface area contributed by atoms with Gasteiger partial charge in [0.1, 0.15) is 11.5 Å². The number of ether oxygens (including phenoxy) is 1. The highest BCUT2D eigenvalue weighted by Gasteiger charge is 1.96. The van der Waals surface area contributed by atoms with Crippen LogP contribution in [0.4, 0.5) is 0 Å². The molecule has 0 rings (SSSR count). The quantitative estimate of drug-likeness (QED) is 0.170. The highest BCUT2D eigenvalue weighted by molar-refractivity contribution is 5.28. The number of hydrogen-bond acceptors (Lipinski definition) is 1. The predicted molar refractivity (Wildman–Crippen MR) is 122 cm³/mol. The van der Waals surface area contributed by atoms with E-state index in [1.807, 2.05) is 74.6 Å². The first-order valence-electron chi connectivity index (χ1n) is 10.3. The maximum atomic E-state index is 6.14. The minimum absolute atomic E-state index is 0.819. The molecule has 0 aliphatic rings. The maximum Gasteiger partial charge on any atom is 0.127 e. The third kappa shape index (κ3) is 16.9. The highest BCUT2D eigenvalue weighted by Crippen LogP contribution is 2.12. The van der Waals surface area contributed by atoms with Crippen LogP contribution in [0.15, 0.2) is 96.6 Å². The normalized spacial score (nSPS) is 14.4. The van der Waals surface area contributed by atoms with Crippen LogP contribution in [0, 0.1) is 0 Å². The van der Waals surface area contributed by atoms with Crippen molar-refractivity contribution >= 4 is 0 Å². The van der Waals surface area contributed by atoms with Crippen molar-refractivity contribution < 1.29 is 4.74 Å². The Labute approximate surface area is 167 Å². The molecular weight excluding hydrogens is 328 g/mol. The molecule has 1 heteroatoms. The molecule has 0 unspecified atom stereocenters. The van der Waals surface area contributed by atoms with Crippen molar-refractivity contribution in [3.63, 3.8) is 0 Å². The summed E-state index contributed by atoms with van der Waals surface area (Å²) in [5.41, 5.74) is 0. The molecule has 0 aliphatic carbocycles. The van der Waals surface area contributed by atoms with Crippen molar-refractivity contribution in [2.24, 2.45) is 0 Å². The summed E-state index contributed by atoms with van der Waals surface area (Å²) in [6.45, 7) is 8.43. The Kier molecular flexibility index (Phi) is 18.3. The zero-order valence-corrected chi connectivity index (χ0v) is 17.7. The van der Waals surface area contributed by atoms with Gasteiger partial charge in [0, 0.05) is 0 Å². The van der Waals surface area contributed by atoms with Gasteiger partial charge in [0.25, 0.3) is 0 Å². The number of hydrogen-bond donors (Lipinski definition) is 0. The van der Waals surface area contributed by atoms with Crippen LogP contribution in [0.25, 0.3) is 0 Å². The second-order valence-electron chi connectivity index (χ2n) is 6.15. The second kappa shape index (κ2) is 20.0. The van der Waals surface area contributed by atoms with Gasteiger partial charge < -0.3 is 4.74 Å². The Bertz CT molecular complexity index is 525. The molecule has 0 aromatic heterocycles. The van der Waals surface area contributed by atoms with E-state index in [0.717, 1.165) is 24.4 Å². The molecule has 0 atom stereocenters. The zero-order valence-electron chi connectivity index (χ0n) is 17.7. The van der Waals surface area contributed by atoms with Gasteiger partial charge in [0.05, 0.1) is 0 Å². The van der Waals surface area contributed by atoms with Crippen LogP contribution >= 0.6 is 0 Å². The molecule has 0 saturated heterocycles. The summed E-state index contributed by atoms with van der Waals surface area (Å²) in [5.74, 6) is 1.64. The SMILES string of the molecule is C/C=C/C=C/C(=C\C=C\CCCC)OC(/C=C/C=C/C)=C/C=C/CCCC. The third-order valence-corrected chi connectivity index (χ3v) is 3.61. The van der Waals surface area contributed by atoms with E-state index in [1.54, 1.807) is 0 Å². The Balaban J connectivity index is 5.28. The molecular formula is C26H38O. The van der Waals surface area contributed by atoms with Crippen molar-refractivity contribution in [1.29, 1.82) is 0 Å². The van der Waals surface area contributed by atoms with Crippen LogP contribution in [0.3, 0.4) is 0 Å². The number of unbranched alkanes of at least 4 members (excludes halogenated alkanes) is 4. The van der Waals surface area contributed by atoms with Crippen LogP contribution in [0.1, 0.15) is 66.2 Å². The van der Waals surface area contributed by atoms with Crippen molar-refractivity contribution in [1.82, 2.24) is 0 Å². The molecule has 0 saturated carbocycles. The Morgan fingerprint density at radius 3 is 1.44 bits per heavy atom. The summed E-state index contributed by atoms with van der Waals surface area (Å²) in [6.07, 6.45) is 35.6. The third-order valence-electron chi connectivity index (χ3n) is 3.61. The summed E-state index contributed by atoms with van der Waals surface area (Å²) in [5, 5.41) is 0. The molecule has 1 nitrogen and oxygen atoms in total. The lowest BCUT2D eigenvalue weighted by molar-refractivity contribution is 0.336. The first kappa shape index (κ1) is 24.7. The smallest absolute Gasteiger partial charge is 0.127 e. The van der Waals surface area contributed by atoms with E-state index in [-0.39, 0.29) is 0 Å². The van der Waals surface area contributed by atoms with Gasteiger partial charge in [0.2, 0.25) is 0 Å². The molecule has 148 valence electrons. The highest BCUT2D eigenvalue weighted by atomic mass is 16.5. The second-order valence-corrected chi connectivity index (χ2v) is 6.15. The summed E-state index contributed by atoms with van der Waals surface area (Å²) in [7, 11) is 0. The first-order valence-corrected chi connectivity index (χ1v) is 10.3. The summed E-state index contributed by atoms with van der Waals surface area (Å²) in [4.78, 5) is 0. The van der Waals surface area contributed by atoms with Crippen LogP contribution in [-0.2, 0) is 4.74 Å². The van der Waals surface area contributed by atoms with Gasteiger partial charge in [-0.05, 0) is 51.0 Å². The van der Waals surface area contributed by atoms with Gasteiger partial charge in [0.15, 0.2) is 0 Å². The van der Waals surface area contributed by atoms with E-state index in [4.69, 9.17) is 4.74 Å². The van der Waals surface area contributed by atoms with Crippen molar-refractivity contribution in [2.75, 3.05) is 0 Å². The van der Waals surface area contributed by atoms with E-state index in [2.05, 4.69) is 38.2 Å². The molecule has 0 aromatic carbocycles. The van der Waals surface area contributed by atoms with E-state index < -0.39 is 0 Å². The molecule has 0 radical (unpaired) electrons. The maximum absolute atomic E-state index is 6.14. The Morgan fingerprint density at radius 1 is 0.630 bits per heavy atom. The fourth-order valence-electron chi connectivity index (χ4n) is 2.07. The fraction of sp³-hybridized carbons (Fsp3) is 0.385. The molecule has 0 aromatic rings. The minimum Gasteiger partial charge on any atom is -0.457 e. The van der Waals surface area contributed by atoms with Gasteiger partial charge in [-0.2, -0.15) is 0 Å². The van der Waals surface area contributed by atoms with Crippen molar-refractivity contribution in [3.8, 4) is 0 Å². The topological polar surface area (TPSA) is 9.23 Å². The van der Waals surface area contributed by atoms with Crippen LogP contribution in [0.2, 0.25) is 0 Å². The molecule has 27 heavy (non-hydrogen) atoms. The largest absolute Gasteiger partial charge is 0.457 e.